The van der Waals surface area contributed by atoms with Gasteiger partial charge in [0.05, 0.1) is 13.0 Å². The molecule has 0 radical (unpaired) electrons. The fourth-order valence-electron chi connectivity index (χ4n) is 2.64. The van der Waals surface area contributed by atoms with Crippen molar-refractivity contribution in [1.82, 2.24) is 0 Å². The number of fused-ring (bicyclic) bond motifs is 1. The van der Waals surface area contributed by atoms with Crippen molar-refractivity contribution in [1.29, 1.82) is 0 Å². The monoisotopic (exact) mass is 374 g/mol. The van der Waals surface area contributed by atoms with Crippen LogP contribution in [-0.2, 0) is 22.6 Å². The lowest BCUT2D eigenvalue weighted by molar-refractivity contribution is -0.142. The van der Waals surface area contributed by atoms with Gasteiger partial charge in [-0.2, -0.15) is 0 Å². The second kappa shape index (κ2) is 7.89. The van der Waals surface area contributed by atoms with Gasteiger partial charge < -0.3 is 9.47 Å². The first-order chi connectivity index (χ1) is 12.1. The average Bonchev–Trinajstić information content (AvgIpc) is 2.96. The molecule has 0 N–H and O–H groups in total. The first-order valence-electron chi connectivity index (χ1n) is 8.10. The van der Waals surface area contributed by atoms with Crippen LogP contribution in [0.2, 0.25) is 5.02 Å². The Bertz CT molecular complexity index is 901. The molecular formula is C20H19ClO3S. The Morgan fingerprint density at radius 2 is 2.00 bits per heavy atom. The highest BCUT2D eigenvalue weighted by molar-refractivity contribution is 7.17. The molecule has 0 saturated heterocycles. The van der Waals surface area contributed by atoms with Crippen molar-refractivity contribution in [3.63, 3.8) is 0 Å². The van der Waals surface area contributed by atoms with Gasteiger partial charge in [0, 0.05) is 9.72 Å². The minimum Gasteiger partial charge on any atom is -0.489 e. The number of benzene rings is 2. The molecule has 0 unspecified atom stereocenters. The Balaban J connectivity index is 1.72. The minimum absolute atomic E-state index is 0.194. The maximum absolute atomic E-state index is 11.7. The SMILES string of the molecule is CCOC(=O)Cc1csc2cc(OCc3ccc(Cl)cc3C)ccc12. The van der Waals surface area contributed by atoms with E-state index in [2.05, 4.69) is 0 Å². The molecule has 0 amide bonds. The highest BCUT2D eigenvalue weighted by Crippen LogP contribution is 2.30. The first kappa shape index (κ1) is 17.8. The Morgan fingerprint density at radius 3 is 2.76 bits per heavy atom. The third-order valence-electron chi connectivity index (χ3n) is 3.97. The molecule has 130 valence electrons. The molecule has 1 heterocycles. The van der Waals surface area contributed by atoms with Gasteiger partial charge in [0.25, 0.3) is 0 Å². The standard InChI is InChI=1S/C20H19ClO3S/c1-3-23-20(22)9-15-12-25-19-10-17(6-7-18(15)19)24-11-14-4-5-16(21)8-13(14)2/h4-8,10,12H,3,9,11H2,1-2H3. The predicted octanol–water partition coefficient (Wildman–Crippen LogP) is 5.55. The van der Waals surface area contributed by atoms with E-state index >= 15 is 0 Å². The Kier molecular flexibility index (Phi) is 5.61. The summed E-state index contributed by atoms with van der Waals surface area (Å²) < 4.78 is 12.0. The van der Waals surface area contributed by atoms with Gasteiger partial charge in [-0.25, -0.2) is 0 Å². The number of hydrogen-bond donors (Lipinski definition) is 0. The summed E-state index contributed by atoms with van der Waals surface area (Å²) in [5.74, 6) is 0.618. The number of rotatable bonds is 6. The summed E-state index contributed by atoms with van der Waals surface area (Å²) in [6.45, 7) is 4.74. The van der Waals surface area contributed by atoms with E-state index in [1.165, 1.54) is 0 Å². The van der Waals surface area contributed by atoms with Crippen molar-refractivity contribution in [2.24, 2.45) is 0 Å². The fraction of sp³-hybridized carbons (Fsp3) is 0.250. The van der Waals surface area contributed by atoms with Crippen molar-refractivity contribution in [2.45, 2.75) is 26.9 Å². The van der Waals surface area contributed by atoms with E-state index in [4.69, 9.17) is 21.1 Å². The number of esters is 1. The summed E-state index contributed by atoms with van der Waals surface area (Å²) in [7, 11) is 0. The van der Waals surface area contributed by atoms with Crippen molar-refractivity contribution in [3.05, 3.63) is 63.5 Å². The van der Waals surface area contributed by atoms with E-state index in [-0.39, 0.29) is 5.97 Å². The van der Waals surface area contributed by atoms with Gasteiger partial charge in [0.1, 0.15) is 12.4 Å². The Hall–Kier alpha value is -2.04. The lowest BCUT2D eigenvalue weighted by Gasteiger charge is -2.09. The van der Waals surface area contributed by atoms with E-state index in [0.29, 0.717) is 19.6 Å². The van der Waals surface area contributed by atoms with Crippen LogP contribution in [0.5, 0.6) is 5.75 Å². The first-order valence-corrected chi connectivity index (χ1v) is 9.36. The second-order valence-electron chi connectivity index (χ2n) is 5.76. The van der Waals surface area contributed by atoms with E-state index < -0.39 is 0 Å². The van der Waals surface area contributed by atoms with Gasteiger partial charge in [0.2, 0.25) is 0 Å². The lowest BCUT2D eigenvalue weighted by atomic mass is 10.1. The molecule has 0 atom stereocenters. The normalized spacial score (nSPS) is 10.8. The van der Waals surface area contributed by atoms with Gasteiger partial charge >= 0.3 is 5.97 Å². The van der Waals surface area contributed by atoms with Crippen molar-refractivity contribution in [2.75, 3.05) is 6.61 Å². The fourth-order valence-corrected chi connectivity index (χ4v) is 3.86. The molecule has 2 aromatic carbocycles. The zero-order valence-corrected chi connectivity index (χ0v) is 15.7. The van der Waals surface area contributed by atoms with Crippen LogP contribution >= 0.6 is 22.9 Å². The van der Waals surface area contributed by atoms with Gasteiger partial charge in [-0.3, -0.25) is 4.79 Å². The number of ether oxygens (including phenoxy) is 2. The van der Waals surface area contributed by atoms with Crippen molar-refractivity contribution in [3.8, 4) is 5.75 Å². The van der Waals surface area contributed by atoms with E-state index in [1.807, 2.05) is 55.6 Å². The summed E-state index contributed by atoms with van der Waals surface area (Å²) in [5, 5.41) is 3.82. The Morgan fingerprint density at radius 1 is 1.16 bits per heavy atom. The Labute approximate surface area is 156 Å². The van der Waals surface area contributed by atoms with Gasteiger partial charge in [0.15, 0.2) is 0 Å². The highest BCUT2D eigenvalue weighted by atomic mass is 35.5. The van der Waals surface area contributed by atoms with Crippen LogP contribution in [0.3, 0.4) is 0 Å². The summed E-state index contributed by atoms with van der Waals surface area (Å²) >= 11 is 7.59. The van der Waals surface area contributed by atoms with Crippen molar-refractivity contribution >= 4 is 39.0 Å². The minimum atomic E-state index is -0.194. The molecule has 0 aliphatic carbocycles. The molecule has 0 aliphatic heterocycles. The van der Waals surface area contributed by atoms with Crippen molar-refractivity contribution < 1.29 is 14.3 Å². The third kappa shape index (κ3) is 4.33. The van der Waals surface area contributed by atoms with Crippen LogP contribution in [-0.4, -0.2) is 12.6 Å². The molecular weight excluding hydrogens is 356 g/mol. The third-order valence-corrected chi connectivity index (χ3v) is 5.20. The summed E-state index contributed by atoms with van der Waals surface area (Å²) in [6.07, 6.45) is 0.304. The number of carbonyl (C=O) groups excluding carboxylic acids is 1. The number of thiophene rings is 1. The van der Waals surface area contributed by atoms with Crippen LogP contribution < -0.4 is 4.74 Å². The molecule has 5 heteroatoms. The molecule has 25 heavy (non-hydrogen) atoms. The lowest BCUT2D eigenvalue weighted by Crippen LogP contribution is -2.06. The van der Waals surface area contributed by atoms with Gasteiger partial charge in [-0.1, -0.05) is 17.7 Å². The molecule has 3 rings (SSSR count). The van der Waals surface area contributed by atoms with E-state index in [9.17, 15) is 4.79 Å². The van der Waals surface area contributed by atoms with Gasteiger partial charge in [-0.15, -0.1) is 11.3 Å². The molecule has 3 aromatic rings. The average molecular weight is 375 g/mol. The summed E-state index contributed by atoms with van der Waals surface area (Å²) in [6, 6.07) is 11.7. The van der Waals surface area contributed by atoms with Crippen LogP contribution in [0.25, 0.3) is 10.1 Å². The summed E-state index contributed by atoms with van der Waals surface area (Å²) in [4.78, 5) is 11.7. The highest BCUT2D eigenvalue weighted by Gasteiger charge is 2.11. The van der Waals surface area contributed by atoms with Gasteiger partial charge in [-0.05, 0) is 71.6 Å². The van der Waals surface area contributed by atoms with E-state index in [1.54, 1.807) is 11.3 Å². The molecule has 0 saturated carbocycles. The van der Waals surface area contributed by atoms with Crippen LogP contribution in [0.15, 0.2) is 41.8 Å². The number of aryl methyl sites for hydroxylation is 1. The topological polar surface area (TPSA) is 35.5 Å². The summed E-state index contributed by atoms with van der Waals surface area (Å²) in [5.41, 5.74) is 3.22. The molecule has 0 aliphatic rings. The molecule has 1 aromatic heterocycles. The maximum atomic E-state index is 11.7. The second-order valence-corrected chi connectivity index (χ2v) is 7.11. The maximum Gasteiger partial charge on any atom is 0.310 e. The number of halogens is 1. The quantitative estimate of drug-likeness (QED) is 0.531. The largest absolute Gasteiger partial charge is 0.489 e. The van der Waals surface area contributed by atoms with E-state index in [0.717, 1.165) is 37.5 Å². The van der Waals surface area contributed by atoms with Crippen LogP contribution in [0, 0.1) is 6.92 Å². The molecule has 3 nitrogen and oxygen atoms in total. The molecule has 0 fully saturated rings. The predicted molar refractivity (Wildman–Crippen MR) is 103 cm³/mol. The molecule has 0 bridgehead atoms. The zero-order valence-electron chi connectivity index (χ0n) is 14.2. The number of hydrogen-bond acceptors (Lipinski definition) is 4. The molecule has 0 spiro atoms. The zero-order chi connectivity index (χ0) is 17.8. The smallest absolute Gasteiger partial charge is 0.310 e. The van der Waals surface area contributed by atoms with Crippen LogP contribution in [0.4, 0.5) is 0 Å². The van der Waals surface area contributed by atoms with Crippen LogP contribution in [0.1, 0.15) is 23.6 Å². The number of carbonyl (C=O) groups is 1.